The second kappa shape index (κ2) is 12.3. The van der Waals surface area contributed by atoms with E-state index in [9.17, 15) is 24.6 Å². The van der Waals surface area contributed by atoms with Crippen LogP contribution in [0, 0.1) is 0 Å². The number of aromatic hydroxyl groups is 1. The van der Waals surface area contributed by atoms with Crippen molar-refractivity contribution in [2.75, 3.05) is 10.6 Å². The number of carboxylic acid groups (broad SMARTS) is 1. The molecule has 5 N–H and O–H groups in total. The third kappa shape index (κ3) is 7.25. The molecule has 9 nitrogen and oxygen atoms in total. The van der Waals surface area contributed by atoms with Gasteiger partial charge >= 0.3 is 12.0 Å². The van der Waals surface area contributed by atoms with E-state index in [2.05, 4.69) is 20.9 Å². The molecule has 0 bridgehead atoms. The Morgan fingerprint density at radius 3 is 2.26 bits per heavy atom. The van der Waals surface area contributed by atoms with E-state index in [1.54, 1.807) is 60.7 Å². The van der Waals surface area contributed by atoms with Crippen molar-refractivity contribution < 1.29 is 24.6 Å². The van der Waals surface area contributed by atoms with Crippen LogP contribution in [0.3, 0.4) is 0 Å². The molecule has 0 aliphatic carbocycles. The van der Waals surface area contributed by atoms with Gasteiger partial charge in [0.25, 0.3) is 5.91 Å². The Morgan fingerprint density at radius 2 is 1.59 bits per heavy atom. The molecule has 1 heterocycles. The number of halogens is 2. The molecule has 0 saturated heterocycles. The van der Waals surface area contributed by atoms with Crippen molar-refractivity contribution >= 4 is 52.5 Å². The van der Waals surface area contributed by atoms with Crippen LogP contribution in [0.2, 0.25) is 10.0 Å². The Balaban J connectivity index is 1.37. The summed E-state index contributed by atoms with van der Waals surface area (Å²) in [6.07, 6.45) is 1.49. The first-order valence-electron chi connectivity index (χ1n) is 11.6. The monoisotopic (exact) mass is 564 g/mol. The number of pyridine rings is 1. The van der Waals surface area contributed by atoms with E-state index in [1.165, 1.54) is 24.4 Å². The SMILES string of the molecule is O=C(Nc1ccc(-c2ccc(C(=O)NC(Cc3cccc(O)c3)C(=O)O)nc2)cc1)Nc1cccc(Cl)c1Cl. The summed E-state index contributed by atoms with van der Waals surface area (Å²) in [6.45, 7) is 0. The quantitative estimate of drug-likeness (QED) is 0.182. The summed E-state index contributed by atoms with van der Waals surface area (Å²) in [4.78, 5) is 40.8. The summed E-state index contributed by atoms with van der Waals surface area (Å²) in [7, 11) is 0. The summed E-state index contributed by atoms with van der Waals surface area (Å²) in [5.41, 5.74) is 3.02. The van der Waals surface area contributed by atoms with Crippen molar-refractivity contribution in [2.24, 2.45) is 0 Å². The topological polar surface area (TPSA) is 141 Å². The largest absolute Gasteiger partial charge is 0.508 e. The molecule has 1 atom stereocenters. The normalized spacial score (nSPS) is 11.3. The molecular weight excluding hydrogens is 543 g/mol. The average Bonchev–Trinajstić information content (AvgIpc) is 2.91. The molecular formula is C28H22Cl2N4O5. The van der Waals surface area contributed by atoms with Gasteiger partial charge in [-0.3, -0.25) is 9.78 Å². The van der Waals surface area contributed by atoms with E-state index in [-0.39, 0.29) is 22.9 Å². The third-order valence-electron chi connectivity index (χ3n) is 5.63. The van der Waals surface area contributed by atoms with Gasteiger partial charge in [-0.05, 0) is 53.6 Å². The number of carbonyl (C=O) groups excluding carboxylic acids is 2. The molecule has 3 amide bonds. The number of amides is 3. The van der Waals surface area contributed by atoms with Gasteiger partial charge in [0.05, 0.1) is 15.7 Å². The van der Waals surface area contributed by atoms with Crippen LogP contribution < -0.4 is 16.0 Å². The number of hydrogen-bond donors (Lipinski definition) is 5. The van der Waals surface area contributed by atoms with Gasteiger partial charge in [0.15, 0.2) is 0 Å². The number of nitrogens with zero attached hydrogens (tertiary/aromatic N) is 1. The number of hydrogen-bond acceptors (Lipinski definition) is 5. The van der Waals surface area contributed by atoms with Gasteiger partial charge < -0.3 is 26.2 Å². The molecule has 3 aromatic carbocycles. The molecule has 11 heteroatoms. The minimum Gasteiger partial charge on any atom is -0.508 e. The number of aromatic nitrogens is 1. The number of aliphatic carboxylic acids is 1. The summed E-state index contributed by atoms with van der Waals surface area (Å²) in [5, 5.41) is 27.5. The zero-order valence-corrected chi connectivity index (χ0v) is 21.7. The number of phenols is 1. The van der Waals surface area contributed by atoms with Crippen LogP contribution in [-0.4, -0.2) is 39.1 Å². The summed E-state index contributed by atoms with van der Waals surface area (Å²) >= 11 is 12.1. The lowest BCUT2D eigenvalue weighted by Crippen LogP contribution is -2.42. The van der Waals surface area contributed by atoms with E-state index < -0.39 is 23.9 Å². The molecule has 0 radical (unpaired) electrons. The maximum absolute atomic E-state index is 12.6. The van der Waals surface area contributed by atoms with Gasteiger partial charge in [-0.25, -0.2) is 9.59 Å². The van der Waals surface area contributed by atoms with Crippen LogP contribution >= 0.6 is 23.2 Å². The third-order valence-corrected chi connectivity index (χ3v) is 6.44. The van der Waals surface area contributed by atoms with Crippen LogP contribution in [0.1, 0.15) is 16.1 Å². The Kier molecular flexibility index (Phi) is 8.65. The number of phenolic OH excluding ortho intramolecular Hbond substituents is 1. The fourth-order valence-corrected chi connectivity index (χ4v) is 4.03. The minimum atomic E-state index is -1.21. The predicted octanol–water partition coefficient (Wildman–Crippen LogP) is 5.83. The van der Waals surface area contributed by atoms with Gasteiger partial charge in [-0.1, -0.05) is 59.6 Å². The van der Waals surface area contributed by atoms with Crippen molar-refractivity contribution in [1.82, 2.24) is 10.3 Å². The zero-order valence-electron chi connectivity index (χ0n) is 20.2. The van der Waals surface area contributed by atoms with Gasteiger partial charge in [0.1, 0.15) is 17.5 Å². The van der Waals surface area contributed by atoms with Gasteiger partial charge in [-0.15, -0.1) is 0 Å². The van der Waals surface area contributed by atoms with E-state index in [4.69, 9.17) is 23.2 Å². The Hall–Kier alpha value is -4.60. The summed E-state index contributed by atoms with van der Waals surface area (Å²) < 4.78 is 0. The van der Waals surface area contributed by atoms with Crippen molar-refractivity contribution in [3.63, 3.8) is 0 Å². The lowest BCUT2D eigenvalue weighted by atomic mass is 10.1. The predicted molar refractivity (Wildman–Crippen MR) is 149 cm³/mol. The van der Waals surface area contributed by atoms with Crippen LogP contribution in [0.15, 0.2) is 85.1 Å². The second-order valence-electron chi connectivity index (χ2n) is 8.43. The first-order valence-corrected chi connectivity index (χ1v) is 12.4. The zero-order chi connectivity index (χ0) is 27.9. The molecule has 0 fully saturated rings. The van der Waals surface area contributed by atoms with Crippen molar-refractivity contribution in [3.8, 4) is 16.9 Å². The van der Waals surface area contributed by atoms with Gasteiger partial charge in [0.2, 0.25) is 0 Å². The number of anilines is 2. The van der Waals surface area contributed by atoms with Crippen LogP contribution in [-0.2, 0) is 11.2 Å². The first-order chi connectivity index (χ1) is 18.7. The fourth-order valence-electron chi connectivity index (χ4n) is 3.68. The van der Waals surface area contributed by atoms with Gasteiger partial charge in [-0.2, -0.15) is 0 Å². The highest BCUT2D eigenvalue weighted by atomic mass is 35.5. The molecule has 0 spiro atoms. The standard InChI is InChI=1S/C28H22Cl2N4O5/c29-21-5-2-6-22(25(21)30)34-28(39)32-19-10-7-17(8-11-19)18-9-12-23(31-15-18)26(36)33-24(27(37)38)14-16-3-1-4-20(35)13-16/h1-13,15,24,35H,14H2,(H,33,36)(H,37,38)(H2,32,34,39). The molecule has 1 unspecified atom stereocenters. The number of carbonyl (C=O) groups is 3. The van der Waals surface area contributed by atoms with E-state index in [1.807, 2.05) is 0 Å². The molecule has 4 aromatic rings. The highest BCUT2D eigenvalue weighted by Crippen LogP contribution is 2.29. The molecule has 198 valence electrons. The minimum absolute atomic E-state index is 0.00189. The number of benzene rings is 3. The summed E-state index contributed by atoms with van der Waals surface area (Å²) in [6, 6.07) is 19.5. The number of nitrogens with one attached hydrogen (secondary N) is 3. The van der Waals surface area contributed by atoms with E-state index in [0.29, 0.717) is 27.5 Å². The smallest absolute Gasteiger partial charge is 0.326 e. The van der Waals surface area contributed by atoms with E-state index >= 15 is 0 Å². The molecule has 4 rings (SSSR count). The Labute approximate surface area is 233 Å². The summed E-state index contributed by atoms with van der Waals surface area (Å²) in [5.74, 6) is -1.84. The Morgan fingerprint density at radius 1 is 0.872 bits per heavy atom. The number of carboxylic acids is 1. The second-order valence-corrected chi connectivity index (χ2v) is 9.21. The number of urea groups is 1. The average molecular weight is 565 g/mol. The van der Waals surface area contributed by atoms with Crippen LogP contribution in [0.25, 0.3) is 11.1 Å². The first kappa shape index (κ1) is 27.4. The molecule has 1 aromatic heterocycles. The van der Waals surface area contributed by atoms with Crippen molar-refractivity contribution in [2.45, 2.75) is 12.5 Å². The van der Waals surface area contributed by atoms with Crippen molar-refractivity contribution in [1.29, 1.82) is 0 Å². The highest BCUT2D eigenvalue weighted by molar-refractivity contribution is 6.44. The van der Waals surface area contributed by atoms with E-state index in [0.717, 1.165) is 5.56 Å². The maximum atomic E-state index is 12.6. The van der Waals surface area contributed by atoms with Gasteiger partial charge in [0, 0.05) is 23.9 Å². The van der Waals surface area contributed by atoms with Crippen molar-refractivity contribution in [3.05, 3.63) is 106 Å². The lowest BCUT2D eigenvalue weighted by Gasteiger charge is -2.15. The Bertz CT molecular complexity index is 1510. The lowest BCUT2D eigenvalue weighted by molar-refractivity contribution is -0.139. The molecule has 0 aliphatic rings. The highest BCUT2D eigenvalue weighted by Gasteiger charge is 2.22. The molecule has 39 heavy (non-hydrogen) atoms. The number of rotatable bonds is 8. The van der Waals surface area contributed by atoms with Crippen LogP contribution in [0.5, 0.6) is 5.75 Å². The maximum Gasteiger partial charge on any atom is 0.326 e. The van der Waals surface area contributed by atoms with Crippen LogP contribution in [0.4, 0.5) is 16.2 Å². The molecule has 0 saturated carbocycles. The molecule has 0 aliphatic heterocycles. The fraction of sp³-hybridized carbons (Fsp3) is 0.0714.